The van der Waals surface area contributed by atoms with Crippen molar-refractivity contribution in [2.75, 3.05) is 13.1 Å². The van der Waals surface area contributed by atoms with Crippen molar-refractivity contribution in [2.24, 2.45) is 11.8 Å². The summed E-state index contributed by atoms with van der Waals surface area (Å²) >= 11 is 0. The number of nitrogens with zero attached hydrogens (tertiary/aromatic N) is 1. The van der Waals surface area contributed by atoms with Gasteiger partial charge in [-0.2, -0.15) is 5.26 Å². The van der Waals surface area contributed by atoms with Gasteiger partial charge in [0.05, 0.1) is 6.07 Å². The molecule has 0 aliphatic heterocycles. The highest BCUT2D eigenvalue weighted by Crippen LogP contribution is 2.28. The van der Waals surface area contributed by atoms with Gasteiger partial charge in [-0.3, -0.25) is 0 Å². The predicted octanol–water partition coefficient (Wildman–Crippen LogP) is 2.32. The van der Waals surface area contributed by atoms with Crippen LogP contribution in [0.5, 0.6) is 0 Å². The molecule has 0 aromatic heterocycles. The van der Waals surface area contributed by atoms with Crippen LogP contribution in [0.15, 0.2) is 0 Å². The number of nitrogens with one attached hydrogen (secondary N) is 1. The van der Waals surface area contributed by atoms with Crippen LogP contribution in [0, 0.1) is 23.2 Å². The second kappa shape index (κ2) is 5.99. The van der Waals surface area contributed by atoms with Crippen molar-refractivity contribution in [3.8, 4) is 6.07 Å². The Morgan fingerprint density at radius 2 is 2.15 bits per heavy atom. The van der Waals surface area contributed by atoms with Crippen molar-refractivity contribution in [2.45, 2.75) is 39.0 Å². The van der Waals surface area contributed by atoms with E-state index in [0.29, 0.717) is 6.42 Å². The Bertz CT molecular complexity index is 171. The molecule has 1 fully saturated rings. The molecule has 0 bridgehead atoms. The Balaban J connectivity index is 2.09. The van der Waals surface area contributed by atoms with Crippen LogP contribution < -0.4 is 5.32 Å². The first-order valence-electron chi connectivity index (χ1n) is 5.42. The lowest BCUT2D eigenvalue weighted by Gasteiger charge is -2.28. The van der Waals surface area contributed by atoms with Crippen molar-refractivity contribution in [1.29, 1.82) is 5.26 Å². The zero-order valence-electron chi connectivity index (χ0n) is 8.55. The van der Waals surface area contributed by atoms with Gasteiger partial charge in [0.2, 0.25) is 0 Å². The van der Waals surface area contributed by atoms with Crippen LogP contribution in [0.2, 0.25) is 0 Å². The SMILES string of the molecule is CC1CCCCC1CNCCC#N. The Labute approximate surface area is 81.3 Å². The second-order valence-electron chi connectivity index (χ2n) is 4.13. The molecule has 0 heterocycles. The summed E-state index contributed by atoms with van der Waals surface area (Å²) in [5, 5.41) is 11.7. The molecule has 0 saturated heterocycles. The van der Waals surface area contributed by atoms with Gasteiger partial charge in [-0.05, 0) is 24.8 Å². The Morgan fingerprint density at radius 1 is 1.38 bits per heavy atom. The van der Waals surface area contributed by atoms with E-state index in [1.165, 1.54) is 25.7 Å². The van der Waals surface area contributed by atoms with E-state index in [1.54, 1.807) is 0 Å². The Kier molecular flexibility index (Phi) is 4.85. The smallest absolute Gasteiger partial charge is 0.0635 e. The topological polar surface area (TPSA) is 35.8 Å². The quantitative estimate of drug-likeness (QED) is 0.674. The van der Waals surface area contributed by atoms with Gasteiger partial charge in [-0.15, -0.1) is 0 Å². The van der Waals surface area contributed by atoms with Crippen LogP contribution in [0.25, 0.3) is 0 Å². The maximum atomic E-state index is 8.37. The van der Waals surface area contributed by atoms with Crippen molar-refractivity contribution >= 4 is 0 Å². The van der Waals surface area contributed by atoms with E-state index in [4.69, 9.17) is 5.26 Å². The molecule has 13 heavy (non-hydrogen) atoms. The normalized spacial score (nSPS) is 28.3. The molecule has 2 atom stereocenters. The molecule has 74 valence electrons. The summed E-state index contributed by atoms with van der Waals surface area (Å²) in [6.07, 6.45) is 6.22. The predicted molar refractivity (Wildman–Crippen MR) is 54.2 cm³/mol. The molecule has 0 amide bonds. The molecule has 1 aliphatic rings. The number of rotatable bonds is 4. The largest absolute Gasteiger partial charge is 0.315 e. The average molecular weight is 180 g/mol. The third kappa shape index (κ3) is 3.78. The van der Waals surface area contributed by atoms with Crippen molar-refractivity contribution in [3.05, 3.63) is 0 Å². The lowest BCUT2D eigenvalue weighted by Crippen LogP contribution is -2.29. The van der Waals surface area contributed by atoms with E-state index in [1.807, 2.05) is 0 Å². The fourth-order valence-corrected chi connectivity index (χ4v) is 2.13. The Morgan fingerprint density at radius 3 is 2.85 bits per heavy atom. The average Bonchev–Trinajstić information content (AvgIpc) is 2.15. The summed E-state index contributed by atoms with van der Waals surface area (Å²) in [5.41, 5.74) is 0. The minimum absolute atomic E-state index is 0.640. The van der Waals surface area contributed by atoms with E-state index < -0.39 is 0 Å². The van der Waals surface area contributed by atoms with Gasteiger partial charge < -0.3 is 5.32 Å². The molecule has 2 nitrogen and oxygen atoms in total. The molecule has 1 saturated carbocycles. The lowest BCUT2D eigenvalue weighted by molar-refractivity contribution is 0.249. The van der Waals surface area contributed by atoms with E-state index >= 15 is 0 Å². The van der Waals surface area contributed by atoms with E-state index in [0.717, 1.165) is 24.9 Å². The van der Waals surface area contributed by atoms with Gasteiger partial charge in [-0.1, -0.05) is 26.2 Å². The first-order chi connectivity index (χ1) is 6.34. The Hall–Kier alpha value is -0.550. The molecular weight excluding hydrogens is 160 g/mol. The number of hydrogen-bond donors (Lipinski definition) is 1. The van der Waals surface area contributed by atoms with Gasteiger partial charge in [0.25, 0.3) is 0 Å². The first-order valence-corrected chi connectivity index (χ1v) is 5.42. The molecule has 1 aliphatic carbocycles. The fourth-order valence-electron chi connectivity index (χ4n) is 2.13. The molecule has 0 aromatic carbocycles. The molecule has 2 heteroatoms. The van der Waals surface area contributed by atoms with Crippen molar-refractivity contribution in [1.82, 2.24) is 5.32 Å². The summed E-state index contributed by atoms with van der Waals surface area (Å²) < 4.78 is 0. The van der Waals surface area contributed by atoms with Gasteiger partial charge in [0, 0.05) is 13.0 Å². The first kappa shape index (κ1) is 10.5. The fraction of sp³-hybridized carbons (Fsp3) is 0.909. The summed E-state index contributed by atoms with van der Waals surface area (Å²) in [6.45, 7) is 4.33. The van der Waals surface area contributed by atoms with Gasteiger partial charge in [-0.25, -0.2) is 0 Å². The second-order valence-corrected chi connectivity index (χ2v) is 4.13. The monoisotopic (exact) mass is 180 g/mol. The maximum Gasteiger partial charge on any atom is 0.0635 e. The van der Waals surface area contributed by atoms with E-state index in [2.05, 4.69) is 18.3 Å². The van der Waals surface area contributed by atoms with Gasteiger partial charge in [0.1, 0.15) is 0 Å². The third-order valence-electron chi connectivity index (χ3n) is 3.11. The number of hydrogen-bond acceptors (Lipinski definition) is 2. The lowest BCUT2D eigenvalue weighted by atomic mass is 9.80. The molecule has 0 spiro atoms. The molecule has 0 aromatic rings. The van der Waals surface area contributed by atoms with Crippen LogP contribution in [-0.4, -0.2) is 13.1 Å². The summed E-state index contributed by atoms with van der Waals surface area (Å²) in [6, 6.07) is 2.15. The third-order valence-corrected chi connectivity index (χ3v) is 3.11. The highest BCUT2D eigenvalue weighted by molar-refractivity contribution is 4.75. The van der Waals surface area contributed by atoms with Crippen molar-refractivity contribution in [3.63, 3.8) is 0 Å². The summed E-state index contributed by atoms with van der Waals surface area (Å²) in [7, 11) is 0. The molecule has 1 N–H and O–H groups in total. The minimum Gasteiger partial charge on any atom is -0.315 e. The zero-order valence-corrected chi connectivity index (χ0v) is 8.55. The van der Waals surface area contributed by atoms with Crippen LogP contribution in [0.4, 0.5) is 0 Å². The molecular formula is C11H20N2. The van der Waals surface area contributed by atoms with Crippen LogP contribution in [0.1, 0.15) is 39.0 Å². The molecule has 2 unspecified atom stereocenters. The van der Waals surface area contributed by atoms with Crippen LogP contribution >= 0.6 is 0 Å². The van der Waals surface area contributed by atoms with Gasteiger partial charge in [0.15, 0.2) is 0 Å². The standard InChI is InChI=1S/C11H20N2/c1-10-5-2-3-6-11(10)9-13-8-4-7-12/h10-11,13H,2-6,8-9H2,1H3. The molecule has 1 rings (SSSR count). The van der Waals surface area contributed by atoms with E-state index in [-0.39, 0.29) is 0 Å². The summed E-state index contributed by atoms with van der Waals surface area (Å²) in [4.78, 5) is 0. The number of nitriles is 1. The summed E-state index contributed by atoms with van der Waals surface area (Å²) in [5.74, 6) is 1.73. The van der Waals surface area contributed by atoms with E-state index in [9.17, 15) is 0 Å². The highest BCUT2D eigenvalue weighted by Gasteiger charge is 2.20. The zero-order chi connectivity index (χ0) is 9.52. The molecule has 0 radical (unpaired) electrons. The van der Waals surface area contributed by atoms with Crippen LogP contribution in [-0.2, 0) is 0 Å². The maximum absolute atomic E-state index is 8.37. The van der Waals surface area contributed by atoms with Crippen molar-refractivity contribution < 1.29 is 0 Å². The van der Waals surface area contributed by atoms with Crippen LogP contribution in [0.3, 0.4) is 0 Å². The van der Waals surface area contributed by atoms with Gasteiger partial charge >= 0.3 is 0 Å². The highest BCUT2D eigenvalue weighted by atomic mass is 14.9. The minimum atomic E-state index is 0.640.